The van der Waals surface area contributed by atoms with Crippen LogP contribution in [-0.2, 0) is 22.4 Å². The molecule has 0 saturated heterocycles. The fraction of sp³-hybridized carbons (Fsp3) is 0.261. The summed E-state index contributed by atoms with van der Waals surface area (Å²) in [6, 6.07) is 17.3. The van der Waals surface area contributed by atoms with Gasteiger partial charge in [-0.15, -0.1) is 23.7 Å². The van der Waals surface area contributed by atoms with Crippen molar-refractivity contribution in [1.29, 1.82) is 0 Å². The van der Waals surface area contributed by atoms with E-state index >= 15 is 0 Å². The van der Waals surface area contributed by atoms with E-state index in [4.69, 9.17) is 0 Å². The molecule has 0 saturated carbocycles. The fourth-order valence-corrected chi connectivity index (χ4v) is 3.74. The van der Waals surface area contributed by atoms with Crippen LogP contribution in [0.15, 0.2) is 60.0 Å². The van der Waals surface area contributed by atoms with E-state index in [0.29, 0.717) is 17.4 Å². The van der Waals surface area contributed by atoms with Crippen LogP contribution < -0.4 is 16.0 Å². The van der Waals surface area contributed by atoms with E-state index in [2.05, 4.69) is 20.9 Å². The number of thiazole rings is 1. The molecule has 32 heavy (non-hydrogen) atoms. The van der Waals surface area contributed by atoms with Gasteiger partial charge in [-0.2, -0.15) is 0 Å². The molecule has 170 valence electrons. The summed E-state index contributed by atoms with van der Waals surface area (Å²) < 4.78 is 0. The average Bonchev–Trinajstić information content (AvgIpc) is 3.18. The summed E-state index contributed by atoms with van der Waals surface area (Å²) in [4.78, 5) is 27.5. The predicted octanol–water partition coefficient (Wildman–Crippen LogP) is 3.57. The van der Waals surface area contributed by atoms with Crippen molar-refractivity contribution in [1.82, 2.24) is 10.3 Å². The lowest BCUT2D eigenvalue weighted by atomic mass is 10.1. The van der Waals surface area contributed by atoms with Crippen molar-refractivity contribution in [3.63, 3.8) is 0 Å². The predicted molar refractivity (Wildman–Crippen MR) is 130 cm³/mol. The monoisotopic (exact) mass is 474 g/mol. The van der Waals surface area contributed by atoms with E-state index in [-0.39, 0.29) is 30.6 Å². The van der Waals surface area contributed by atoms with Crippen molar-refractivity contribution < 1.29 is 14.7 Å². The Balaban J connectivity index is 0.00000363. The lowest BCUT2D eigenvalue weighted by Gasteiger charge is -2.12. The molecular formula is C23H27ClN4O3S. The Morgan fingerprint density at radius 3 is 2.47 bits per heavy atom. The first kappa shape index (κ1) is 25.5. The molecular weight excluding hydrogens is 448 g/mol. The highest BCUT2D eigenvalue weighted by Crippen LogP contribution is 2.17. The summed E-state index contributed by atoms with van der Waals surface area (Å²) in [6.45, 7) is 2.66. The molecule has 0 bridgehead atoms. The highest BCUT2D eigenvalue weighted by Gasteiger charge is 2.09. The van der Waals surface area contributed by atoms with Crippen LogP contribution in [0.3, 0.4) is 0 Å². The van der Waals surface area contributed by atoms with Gasteiger partial charge in [0.1, 0.15) is 0 Å². The number of carbonyl (C=O) groups excluding carboxylic acids is 2. The van der Waals surface area contributed by atoms with E-state index < -0.39 is 6.10 Å². The summed E-state index contributed by atoms with van der Waals surface area (Å²) in [7, 11) is 0. The Kier molecular flexibility index (Phi) is 10.3. The minimum absolute atomic E-state index is 0. The number of anilines is 2. The zero-order valence-electron chi connectivity index (χ0n) is 17.7. The van der Waals surface area contributed by atoms with Gasteiger partial charge in [-0.25, -0.2) is 4.98 Å². The molecule has 0 aliphatic carbocycles. The number of carbonyl (C=O) groups is 2. The van der Waals surface area contributed by atoms with Gasteiger partial charge in [-0.1, -0.05) is 42.5 Å². The first-order chi connectivity index (χ1) is 15.0. The highest BCUT2D eigenvalue weighted by atomic mass is 35.5. The third-order valence-electron chi connectivity index (χ3n) is 4.53. The van der Waals surface area contributed by atoms with E-state index in [1.54, 1.807) is 5.38 Å². The van der Waals surface area contributed by atoms with Crippen LogP contribution in [0.5, 0.6) is 0 Å². The zero-order chi connectivity index (χ0) is 22.1. The Labute approximate surface area is 197 Å². The molecule has 0 aliphatic heterocycles. The van der Waals surface area contributed by atoms with Crippen molar-refractivity contribution >= 4 is 46.4 Å². The van der Waals surface area contributed by atoms with Crippen molar-refractivity contribution in [3.05, 3.63) is 76.8 Å². The lowest BCUT2D eigenvalue weighted by Crippen LogP contribution is -2.23. The van der Waals surface area contributed by atoms with E-state index in [9.17, 15) is 14.7 Å². The normalized spacial score (nSPS) is 11.3. The largest absolute Gasteiger partial charge is 0.387 e. The lowest BCUT2D eigenvalue weighted by molar-refractivity contribution is -0.116. The summed E-state index contributed by atoms with van der Waals surface area (Å²) in [6.07, 6.45) is 0.442. The summed E-state index contributed by atoms with van der Waals surface area (Å²) in [5, 5.41) is 21.1. The van der Waals surface area contributed by atoms with Crippen LogP contribution in [0.4, 0.5) is 10.8 Å². The van der Waals surface area contributed by atoms with Crippen LogP contribution in [0.25, 0.3) is 0 Å². The molecule has 3 aromatic rings. The quantitative estimate of drug-likeness (QED) is 0.336. The van der Waals surface area contributed by atoms with Gasteiger partial charge in [0.2, 0.25) is 11.8 Å². The van der Waals surface area contributed by atoms with Crippen molar-refractivity contribution in [2.24, 2.45) is 0 Å². The second kappa shape index (κ2) is 12.9. The van der Waals surface area contributed by atoms with E-state index in [1.807, 2.05) is 54.6 Å². The molecule has 1 atom stereocenters. The van der Waals surface area contributed by atoms with Crippen LogP contribution in [-0.4, -0.2) is 35.0 Å². The van der Waals surface area contributed by atoms with Gasteiger partial charge >= 0.3 is 0 Å². The van der Waals surface area contributed by atoms with Gasteiger partial charge in [0.15, 0.2) is 5.13 Å². The number of nitrogens with one attached hydrogen (secondary N) is 3. The molecule has 0 unspecified atom stereocenters. The Bertz CT molecular complexity index is 996. The SMILES string of the molecule is CC(=O)Nc1nc(CC(=O)Nc2ccc(CCNC[C@H](O)c3ccccc3)cc2)cs1.Cl. The number of halogens is 1. The summed E-state index contributed by atoms with van der Waals surface area (Å²) in [5.41, 5.74) is 3.38. The average molecular weight is 475 g/mol. The smallest absolute Gasteiger partial charge is 0.230 e. The van der Waals surface area contributed by atoms with Crippen LogP contribution in [0.2, 0.25) is 0 Å². The molecule has 3 rings (SSSR count). The van der Waals surface area contributed by atoms with Crippen LogP contribution in [0, 0.1) is 0 Å². The molecule has 0 radical (unpaired) electrons. The van der Waals surface area contributed by atoms with Crippen molar-refractivity contribution in [2.45, 2.75) is 25.9 Å². The molecule has 4 N–H and O–H groups in total. The molecule has 0 spiro atoms. The molecule has 1 aromatic heterocycles. The molecule has 0 aliphatic rings. The molecule has 7 nitrogen and oxygen atoms in total. The second-order valence-electron chi connectivity index (χ2n) is 7.13. The van der Waals surface area contributed by atoms with Crippen LogP contribution in [0.1, 0.15) is 29.8 Å². The van der Waals surface area contributed by atoms with Gasteiger partial charge in [0, 0.05) is 24.5 Å². The number of rotatable bonds is 10. The first-order valence-electron chi connectivity index (χ1n) is 10.0. The third-order valence-corrected chi connectivity index (χ3v) is 5.33. The molecule has 0 fully saturated rings. The van der Waals surface area contributed by atoms with Crippen LogP contribution >= 0.6 is 23.7 Å². The maximum Gasteiger partial charge on any atom is 0.230 e. The van der Waals surface area contributed by atoms with E-state index in [1.165, 1.54) is 18.3 Å². The first-order valence-corrected chi connectivity index (χ1v) is 10.9. The van der Waals surface area contributed by atoms with Gasteiger partial charge in [-0.05, 0) is 36.2 Å². The molecule has 2 aromatic carbocycles. The standard InChI is InChI=1S/C23H26N4O3S.ClH/c1-16(28)25-23-27-20(15-31-23)13-22(30)26-19-9-7-17(8-10-19)11-12-24-14-21(29)18-5-3-2-4-6-18;/h2-10,15,21,24,29H,11-14H2,1H3,(H,26,30)(H,25,27,28);1H/t21-;/m0./s1. The van der Waals surface area contributed by atoms with Gasteiger partial charge in [0.25, 0.3) is 0 Å². The topological polar surface area (TPSA) is 103 Å². The van der Waals surface area contributed by atoms with Gasteiger partial charge in [0.05, 0.1) is 18.2 Å². The summed E-state index contributed by atoms with van der Waals surface area (Å²) >= 11 is 1.29. The number of hydrogen-bond acceptors (Lipinski definition) is 6. The molecule has 9 heteroatoms. The minimum Gasteiger partial charge on any atom is -0.387 e. The Morgan fingerprint density at radius 2 is 1.78 bits per heavy atom. The number of hydrogen-bond donors (Lipinski definition) is 4. The Morgan fingerprint density at radius 1 is 1.06 bits per heavy atom. The maximum atomic E-state index is 12.2. The molecule has 1 heterocycles. The summed E-state index contributed by atoms with van der Waals surface area (Å²) in [5.74, 6) is -0.350. The van der Waals surface area contributed by atoms with Gasteiger partial charge < -0.3 is 21.1 Å². The fourth-order valence-electron chi connectivity index (χ4n) is 2.99. The third kappa shape index (κ3) is 8.39. The minimum atomic E-state index is -0.522. The number of aliphatic hydroxyl groups is 1. The van der Waals surface area contributed by atoms with Gasteiger partial charge in [-0.3, -0.25) is 9.59 Å². The second-order valence-corrected chi connectivity index (χ2v) is 7.99. The zero-order valence-corrected chi connectivity index (χ0v) is 19.3. The van der Waals surface area contributed by atoms with E-state index in [0.717, 1.165) is 29.8 Å². The number of aliphatic hydroxyl groups excluding tert-OH is 1. The molecule has 2 amide bonds. The van der Waals surface area contributed by atoms with Crippen molar-refractivity contribution in [2.75, 3.05) is 23.7 Å². The van der Waals surface area contributed by atoms with Crippen molar-refractivity contribution in [3.8, 4) is 0 Å². The highest BCUT2D eigenvalue weighted by molar-refractivity contribution is 7.13. The number of nitrogens with zero attached hydrogens (tertiary/aromatic N) is 1. The Hall–Kier alpha value is -2.78. The number of amides is 2. The number of benzene rings is 2. The number of aromatic nitrogens is 1. The maximum absolute atomic E-state index is 12.2.